The van der Waals surface area contributed by atoms with Crippen LogP contribution in [0.1, 0.15) is 54.4 Å². The van der Waals surface area contributed by atoms with Gasteiger partial charge in [-0.15, -0.1) is 0 Å². The third kappa shape index (κ3) is 5.25. The van der Waals surface area contributed by atoms with Gasteiger partial charge in [-0.1, -0.05) is 27.2 Å². The first kappa shape index (κ1) is 16.7. The maximum Gasteiger partial charge on any atom is 0.316 e. The first-order valence-corrected chi connectivity index (χ1v) is 8.65. The first-order chi connectivity index (χ1) is 7.70. The number of rotatable bonds is 6. The minimum absolute atomic E-state index is 0.286. The molecule has 0 rings (SSSR count). The Kier molecular flexibility index (Phi) is 6.47. The molecule has 0 aromatic rings. The molecule has 0 saturated carbocycles. The predicted molar refractivity (Wildman–Crippen MR) is 73.2 cm³/mol. The predicted octanol–water partition coefficient (Wildman–Crippen LogP) is 3.90. The van der Waals surface area contributed by atoms with Crippen LogP contribution in [0.2, 0.25) is 0 Å². The van der Waals surface area contributed by atoms with Crippen LogP contribution in [0.25, 0.3) is 0 Å². The van der Waals surface area contributed by atoms with Gasteiger partial charge in [-0.05, 0) is 39.5 Å². The van der Waals surface area contributed by atoms with E-state index in [2.05, 4.69) is 0 Å². The van der Waals surface area contributed by atoms with E-state index in [0.717, 1.165) is 6.42 Å². The SMILES string of the molecule is CCCC(C(=O)OC(C)(C)C)P(=O)(CC)CC. The van der Waals surface area contributed by atoms with Gasteiger partial charge in [0.05, 0.1) is 0 Å². The Labute approximate surface area is 106 Å². The molecule has 4 heteroatoms. The summed E-state index contributed by atoms with van der Waals surface area (Å²) in [6.07, 6.45) is 2.67. The van der Waals surface area contributed by atoms with Crippen LogP contribution in [-0.4, -0.2) is 29.6 Å². The van der Waals surface area contributed by atoms with Crippen molar-refractivity contribution in [3.05, 3.63) is 0 Å². The van der Waals surface area contributed by atoms with Gasteiger partial charge in [0.2, 0.25) is 0 Å². The van der Waals surface area contributed by atoms with E-state index in [1.165, 1.54) is 0 Å². The maximum absolute atomic E-state index is 12.7. The van der Waals surface area contributed by atoms with Crippen LogP contribution in [0.3, 0.4) is 0 Å². The maximum atomic E-state index is 12.7. The summed E-state index contributed by atoms with van der Waals surface area (Å²) in [5, 5.41) is 0. The standard InChI is InChI=1S/C13H27O3P/c1-7-10-11(17(15,8-2)9-3)12(14)16-13(4,5)6/h11H,7-10H2,1-6H3. The number of hydrogen-bond donors (Lipinski definition) is 0. The summed E-state index contributed by atoms with van der Waals surface area (Å²) in [5.41, 5.74) is -0.920. The van der Waals surface area contributed by atoms with Crippen LogP contribution in [0.4, 0.5) is 0 Å². The van der Waals surface area contributed by atoms with E-state index in [1.807, 2.05) is 41.5 Å². The molecule has 0 aromatic heterocycles. The zero-order valence-corrected chi connectivity index (χ0v) is 13.0. The van der Waals surface area contributed by atoms with E-state index in [0.29, 0.717) is 18.7 Å². The fourth-order valence-corrected chi connectivity index (χ4v) is 4.35. The van der Waals surface area contributed by atoms with Crippen molar-refractivity contribution in [3.8, 4) is 0 Å². The van der Waals surface area contributed by atoms with Crippen LogP contribution in [-0.2, 0) is 14.1 Å². The molecule has 0 fully saturated rings. The normalized spacial score (nSPS) is 14.5. The van der Waals surface area contributed by atoms with Crippen LogP contribution < -0.4 is 0 Å². The quantitative estimate of drug-likeness (QED) is 0.538. The lowest BCUT2D eigenvalue weighted by Crippen LogP contribution is -2.32. The lowest BCUT2D eigenvalue weighted by Gasteiger charge is -2.28. The highest BCUT2D eigenvalue weighted by atomic mass is 31.2. The van der Waals surface area contributed by atoms with E-state index in [4.69, 9.17) is 4.74 Å². The van der Waals surface area contributed by atoms with E-state index in [-0.39, 0.29) is 5.97 Å². The summed E-state index contributed by atoms with van der Waals surface area (Å²) in [4.78, 5) is 12.1. The van der Waals surface area contributed by atoms with Gasteiger partial charge in [-0.2, -0.15) is 0 Å². The molecule has 0 N–H and O–H groups in total. The fourth-order valence-electron chi connectivity index (χ4n) is 1.85. The smallest absolute Gasteiger partial charge is 0.316 e. The molecular weight excluding hydrogens is 235 g/mol. The molecule has 17 heavy (non-hydrogen) atoms. The second-order valence-corrected chi connectivity index (χ2v) is 9.22. The molecule has 0 aliphatic rings. The molecule has 1 atom stereocenters. The zero-order chi connectivity index (χ0) is 13.7. The Morgan fingerprint density at radius 3 is 1.94 bits per heavy atom. The highest BCUT2D eigenvalue weighted by Gasteiger charge is 2.37. The summed E-state index contributed by atoms with van der Waals surface area (Å²) in [6, 6.07) is 0. The lowest BCUT2D eigenvalue weighted by molar-refractivity contribution is -0.154. The molecular formula is C13H27O3P. The van der Waals surface area contributed by atoms with E-state index >= 15 is 0 Å². The van der Waals surface area contributed by atoms with Crippen molar-refractivity contribution in [2.24, 2.45) is 0 Å². The monoisotopic (exact) mass is 262 g/mol. The number of hydrogen-bond acceptors (Lipinski definition) is 3. The van der Waals surface area contributed by atoms with Crippen LogP contribution in [0.5, 0.6) is 0 Å². The van der Waals surface area contributed by atoms with Crippen LogP contribution >= 0.6 is 7.14 Å². The molecule has 0 aliphatic carbocycles. The van der Waals surface area contributed by atoms with Crippen molar-refractivity contribution >= 4 is 13.1 Å². The van der Waals surface area contributed by atoms with Crippen molar-refractivity contribution in [2.45, 2.75) is 65.6 Å². The molecule has 0 aromatic carbocycles. The highest BCUT2D eigenvalue weighted by Crippen LogP contribution is 2.52. The summed E-state index contributed by atoms with van der Waals surface area (Å²) in [6.45, 7) is 11.3. The Balaban J connectivity index is 4.97. The van der Waals surface area contributed by atoms with Gasteiger partial charge in [-0.3, -0.25) is 4.79 Å². The van der Waals surface area contributed by atoms with E-state index < -0.39 is 18.4 Å². The Morgan fingerprint density at radius 1 is 1.18 bits per heavy atom. The molecule has 0 aliphatic heterocycles. The van der Waals surface area contributed by atoms with Gasteiger partial charge in [0.15, 0.2) is 0 Å². The molecule has 0 bridgehead atoms. The van der Waals surface area contributed by atoms with Gasteiger partial charge in [-0.25, -0.2) is 0 Å². The van der Waals surface area contributed by atoms with Gasteiger partial charge in [0, 0.05) is 0 Å². The number of carbonyl (C=O) groups excluding carboxylic acids is 1. The third-order valence-electron chi connectivity index (χ3n) is 2.88. The molecule has 0 heterocycles. The Bertz CT molecular complexity index is 284. The number of carbonyl (C=O) groups is 1. The summed E-state index contributed by atoms with van der Waals surface area (Å²) < 4.78 is 18.1. The first-order valence-electron chi connectivity index (χ1n) is 6.50. The Hall–Kier alpha value is -0.300. The highest BCUT2D eigenvalue weighted by molar-refractivity contribution is 7.65. The minimum Gasteiger partial charge on any atom is -0.459 e. The summed E-state index contributed by atoms with van der Waals surface area (Å²) in [7, 11) is -2.42. The molecule has 0 spiro atoms. The lowest BCUT2D eigenvalue weighted by atomic mass is 10.2. The number of esters is 1. The second-order valence-electron chi connectivity index (χ2n) is 5.42. The van der Waals surface area contributed by atoms with Crippen molar-refractivity contribution < 1.29 is 14.1 Å². The van der Waals surface area contributed by atoms with Crippen LogP contribution in [0, 0.1) is 0 Å². The average Bonchev–Trinajstić information content (AvgIpc) is 2.22. The minimum atomic E-state index is -2.42. The van der Waals surface area contributed by atoms with Crippen molar-refractivity contribution in [2.75, 3.05) is 12.3 Å². The second kappa shape index (κ2) is 6.58. The number of ether oxygens (including phenoxy) is 1. The summed E-state index contributed by atoms with van der Waals surface area (Å²) >= 11 is 0. The van der Waals surface area contributed by atoms with Gasteiger partial charge >= 0.3 is 5.97 Å². The molecule has 1 unspecified atom stereocenters. The Morgan fingerprint density at radius 2 is 1.65 bits per heavy atom. The van der Waals surface area contributed by atoms with Gasteiger partial charge in [0.1, 0.15) is 18.4 Å². The van der Waals surface area contributed by atoms with Crippen molar-refractivity contribution in [1.82, 2.24) is 0 Å². The third-order valence-corrected chi connectivity index (χ3v) is 6.63. The average molecular weight is 262 g/mol. The van der Waals surface area contributed by atoms with Gasteiger partial charge in [0.25, 0.3) is 0 Å². The molecule has 0 amide bonds. The topological polar surface area (TPSA) is 43.4 Å². The molecule has 102 valence electrons. The molecule has 0 radical (unpaired) electrons. The zero-order valence-electron chi connectivity index (χ0n) is 12.1. The van der Waals surface area contributed by atoms with Crippen molar-refractivity contribution in [1.29, 1.82) is 0 Å². The van der Waals surface area contributed by atoms with Crippen LogP contribution in [0.15, 0.2) is 0 Å². The van der Waals surface area contributed by atoms with E-state index in [9.17, 15) is 9.36 Å². The fraction of sp³-hybridized carbons (Fsp3) is 0.923. The largest absolute Gasteiger partial charge is 0.459 e. The van der Waals surface area contributed by atoms with Crippen molar-refractivity contribution in [3.63, 3.8) is 0 Å². The van der Waals surface area contributed by atoms with Gasteiger partial charge < -0.3 is 9.30 Å². The summed E-state index contributed by atoms with van der Waals surface area (Å²) in [5.74, 6) is -0.286. The molecule has 3 nitrogen and oxygen atoms in total. The molecule has 0 saturated heterocycles. The van der Waals surface area contributed by atoms with E-state index in [1.54, 1.807) is 0 Å².